The van der Waals surface area contributed by atoms with E-state index in [0.717, 1.165) is 32.6 Å². The van der Waals surface area contributed by atoms with Crippen LogP contribution in [0.25, 0.3) is 0 Å². The van der Waals surface area contributed by atoms with Gasteiger partial charge in [0.15, 0.2) is 15.1 Å². The number of hydrogen-bond donors (Lipinski definition) is 0. The minimum atomic E-state index is -3.89. The summed E-state index contributed by atoms with van der Waals surface area (Å²) in [5, 5.41) is 9.65. The van der Waals surface area contributed by atoms with E-state index in [4.69, 9.17) is 0 Å². The molecule has 2 heterocycles. The number of carbonyl (C=O) groups excluding carboxylic acids is 1. The standard InChI is InChI=1S/C13H18N2O6S/c1-21-13(16)12(22(2,19)20)11-9-6-4-3-5-7-14(9)8-10(11)15(17)18/h8,12H,3-7H2,1-2H3. The fourth-order valence-corrected chi connectivity index (χ4v) is 4.00. The Kier molecular flexibility index (Phi) is 4.55. The van der Waals surface area contributed by atoms with Gasteiger partial charge in [-0.3, -0.25) is 14.9 Å². The van der Waals surface area contributed by atoms with Crippen LogP contribution in [0, 0.1) is 10.1 Å². The zero-order valence-electron chi connectivity index (χ0n) is 12.4. The number of rotatable bonds is 4. The van der Waals surface area contributed by atoms with Crippen molar-refractivity contribution >= 4 is 21.5 Å². The van der Waals surface area contributed by atoms with E-state index >= 15 is 0 Å². The van der Waals surface area contributed by atoms with Crippen LogP contribution in [-0.2, 0) is 32.3 Å². The van der Waals surface area contributed by atoms with E-state index in [1.165, 1.54) is 6.20 Å². The van der Waals surface area contributed by atoms with Crippen molar-refractivity contribution in [1.29, 1.82) is 0 Å². The first-order valence-corrected chi connectivity index (χ1v) is 8.85. The maximum Gasteiger partial charge on any atom is 0.328 e. The van der Waals surface area contributed by atoms with Crippen LogP contribution in [0.3, 0.4) is 0 Å². The van der Waals surface area contributed by atoms with Crippen molar-refractivity contribution in [3.05, 3.63) is 27.6 Å². The van der Waals surface area contributed by atoms with Gasteiger partial charge in [0.05, 0.1) is 23.8 Å². The lowest BCUT2D eigenvalue weighted by atomic mass is 10.1. The first kappa shape index (κ1) is 16.5. The highest BCUT2D eigenvalue weighted by atomic mass is 32.2. The first-order valence-electron chi connectivity index (χ1n) is 6.90. The molecule has 8 nitrogen and oxygen atoms in total. The minimum absolute atomic E-state index is 0.0405. The highest BCUT2D eigenvalue weighted by Crippen LogP contribution is 2.37. The van der Waals surface area contributed by atoms with Gasteiger partial charge >= 0.3 is 5.97 Å². The molecule has 0 spiro atoms. The summed E-state index contributed by atoms with van der Waals surface area (Å²) >= 11 is 0. The predicted octanol–water partition coefficient (Wildman–Crippen LogP) is 1.38. The maximum atomic E-state index is 12.0. The van der Waals surface area contributed by atoms with Gasteiger partial charge in [-0.05, 0) is 19.3 Å². The first-order chi connectivity index (χ1) is 10.3. The number of aromatic nitrogens is 1. The van der Waals surface area contributed by atoms with E-state index in [0.29, 0.717) is 18.7 Å². The fraction of sp³-hybridized carbons (Fsp3) is 0.615. The van der Waals surface area contributed by atoms with Gasteiger partial charge in [-0.1, -0.05) is 6.42 Å². The van der Waals surface area contributed by atoms with Crippen LogP contribution in [0.2, 0.25) is 0 Å². The van der Waals surface area contributed by atoms with E-state index in [9.17, 15) is 23.3 Å². The number of methoxy groups -OCH3 is 1. The van der Waals surface area contributed by atoms with Gasteiger partial charge in [0.2, 0.25) is 0 Å². The number of carbonyl (C=O) groups is 1. The molecule has 1 unspecified atom stereocenters. The van der Waals surface area contributed by atoms with Gasteiger partial charge in [-0.25, -0.2) is 8.42 Å². The highest BCUT2D eigenvalue weighted by molar-refractivity contribution is 7.91. The van der Waals surface area contributed by atoms with Gasteiger partial charge in [-0.15, -0.1) is 0 Å². The van der Waals surface area contributed by atoms with Gasteiger partial charge in [0.1, 0.15) is 0 Å². The van der Waals surface area contributed by atoms with Crippen LogP contribution in [0.15, 0.2) is 6.20 Å². The van der Waals surface area contributed by atoms with Crippen molar-refractivity contribution in [1.82, 2.24) is 4.57 Å². The number of sulfone groups is 1. The van der Waals surface area contributed by atoms with Crippen molar-refractivity contribution in [3.63, 3.8) is 0 Å². The molecule has 0 fully saturated rings. The Bertz CT molecular complexity index is 706. The zero-order valence-corrected chi connectivity index (χ0v) is 13.3. The zero-order chi connectivity index (χ0) is 16.5. The Balaban J connectivity index is 2.72. The molecule has 0 amide bonds. The molecule has 22 heavy (non-hydrogen) atoms. The van der Waals surface area contributed by atoms with Crippen molar-refractivity contribution in [2.75, 3.05) is 13.4 Å². The van der Waals surface area contributed by atoms with E-state index in [1.807, 2.05) is 0 Å². The Morgan fingerprint density at radius 2 is 2.09 bits per heavy atom. The van der Waals surface area contributed by atoms with Crippen LogP contribution in [0.5, 0.6) is 0 Å². The highest BCUT2D eigenvalue weighted by Gasteiger charge is 2.41. The van der Waals surface area contributed by atoms with Crippen LogP contribution >= 0.6 is 0 Å². The lowest BCUT2D eigenvalue weighted by Gasteiger charge is -2.14. The topological polar surface area (TPSA) is 109 Å². The third-order valence-electron chi connectivity index (χ3n) is 3.83. The van der Waals surface area contributed by atoms with E-state index in [1.54, 1.807) is 4.57 Å². The summed E-state index contributed by atoms with van der Waals surface area (Å²) in [6.45, 7) is 0.577. The molecular weight excluding hydrogens is 312 g/mol. The molecule has 0 bridgehead atoms. The Labute approximate surface area is 128 Å². The number of fused-ring (bicyclic) bond motifs is 1. The quantitative estimate of drug-likeness (QED) is 0.469. The molecular formula is C13H18N2O6S. The minimum Gasteiger partial charge on any atom is -0.468 e. The number of ether oxygens (including phenoxy) is 1. The number of aryl methyl sites for hydroxylation is 1. The van der Waals surface area contributed by atoms with Gasteiger partial charge in [0, 0.05) is 18.5 Å². The largest absolute Gasteiger partial charge is 0.468 e. The van der Waals surface area contributed by atoms with Crippen LogP contribution in [-0.4, -0.2) is 37.2 Å². The van der Waals surface area contributed by atoms with Gasteiger partial charge in [0.25, 0.3) is 5.69 Å². The normalized spacial score (nSPS) is 16.5. The molecule has 1 aromatic rings. The molecule has 122 valence electrons. The molecule has 1 aromatic heterocycles. The summed E-state index contributed by atoms with van der Waals surface area (Å²) in [4.78, 5) is 22.6. The molecule has 9 heteroatoms. The van der Waals surface area contributed by atoms with E-state index < -0.39 is 26.0 Å². The molecule has 0 saturated carbocycles. The molecule has 1 atom stereocenters. The van der Waals surface area contributed by atoms with E-state index in [-0.39, 0.29) is 11.3 Å². The molecule has 0 N–H and O–H groups in total. The van der Waals surface area contributed by atoms with Crippen molar-refractivity contribution in [2.45, 2.75) is 37.5 Å². The van der Waals surface area contributed by atoms with Crippen molar-refractivity contribution < 1.29 is 22.9 Å². The third-order valence-corrected chi connectivity index (χ3v) is 5.11. The summed E-state index contributed by atoms with van der Waals surface area (Å²) < 4.78 is 30.4. The van der Waals surface area contributed by atoms with Crippen LogP contribution in [0.1, 0.15) is 35.8 Å². The summed E-state index contributed by atoms with van der Waals surface area (Å²) in [6.07, 6.45) is 5.34. The summed E-state index contributed by atoms with van der Waals surface area (Å²) in [5.41, 5.74) is 0.170. The third kappa shape index (κ3) is 2.99. The van der Waals surface area contributed by atoms with Crippen molar-refractivity contribution in [3.8, 4) is 0 Å². The monoisotopic (exact) mass is 330 g/mol. The molecule has 0 aromatic carbocycles. The number of nitro groups is 1. The lowest BCUT2D eigenvalue weighted by molar-refractivity contribution is -0.385. The molecule has 1 aliphatic heterocycles. The molecule has 0 radical (unpaired) electrons. The van der Waals surface area contributed by atoms with Crippen molar-refractivity contribution in [2.24, 2.45) is 0 Å². The summed E-state index contributed by atoms with van der Waals surface area (Å²) in [5.74, 6) is -0.996. The molecule has 0 saturated heterocycles. The average Bonchev–Trinajstić information content (AvgIpc) is 2.62. The number of hydrogen-bond acceptors (Lipinski definition) is 6. The Morgan fingerprint density at radius 3 is 2.64 bits per heavy atom. The van der Waals surface area contributed by atoms with Crippen LogP contribution < -0.4 is 0 Å². The molecule has 2 rings (SSSR count). The maximum absolute atomic E-state index is 12.0. The Morgan fingerprint density at radius 1 is 1.41 bits per heavy atom. The second kappa shape index (κ2) is 6.07. The smallest absolute Gasteiger partial charge is 0.328 e. The van der Waals surface area contributed by atoms with Gasteiger partial charge < -0.3 is 9.30 Å². The SMILES string of the molecule is COC(=O)C(c1c([N+](=O)[O-])cn2c1CCCCC2)S(C)(=O)=O. The molecule has 0 aliphatic carbocycles. The summed E-state index contributed by atoms with van der Waals surface area (Å²) in [6, 6.07) is 0. The fourth-order valence-electron chi connectivity index (χ4n) is 2.87. The van der Waals surface area contributed by atoms with Crippen LogP contribution in [0.4, 0.5) is 5.69 Å². The Hall–Kier alpha value is -1.90. The number of esters is 1. The second-order valence-corrected chi connectivity index (χ2v) is 7.50. The number of nitrogens with zero attached hydrogens (tertiary/aromatic N) is 2. The summed E-state index contributed by atoms with van der Waals surface area (Å²) in [7, 11) is -2.82. The average molecular weight is 330 g/mol. The van der Waals surface area contributed by atoms with E-state index in [2.05, 4.69) is 4.74 Å². The lowest BCUT2D eigenvalue weighted by Crippen LogP contribution is -2.24. The molecule has 1 aliphatic rings. The van der Waals surface area contributed by atoms with Gasteiger partial charge in [-0.2, -0.15) is 0 Å². The second-order valence-electron chi connectivity index (χ2n) is 5.37. The predicted molar refractivity (Wildman–Crippen MR) is 78.2 cm³/mol.